The van der Waals surface area contributed by atoms with E-state index in [9.17, 15) is 9.90 Å². The number of benzene rings is 1. The fourth-order valence-electron chi connectivity index (χ4n) is 4.18. The summed E-state index contributed by atoms with van der Waals surface area (Å²) in [5.41, 5.74) is 1.90. The average molecular weight is 404 g/mol. The number of likely N-dealkylation sites (tertiary alicyclic amines) is 1. The summed E-state index contributed by atoms with van der Waals surface area (Å²) < 4.78 is 5.59. The largest absolute Gasteiger partial charge is 0.391 e. The molecule has 29 heavy (non-hydrogen) atoms. The Hall–Kier alpha value is -1.63. The van der Waals surface area contributed by atoms with E-state index in [1.807, 2.05) is 12.1 Å². The highest BCUT2D eigenvalue weighted by atomic mass is 16.5. The van der Waals surface area contributed by atoms with E-state index >= 15 is 0 Å². The van der Waals surface area contributed by atoms with E-state index in [-0.39, 0.29) is 12.0 Å². The first-order chi connectivity index (χ1) is 14.0. The summed E-state index contributed by atoms with van der Waals surface area (Å²) in [4.78, 5) is 16.8. The minimum Gasteiger partial charge on any atom is -0.391 e. The van der Waals surface area contributed by atoms with Gasteiger partial charge in [-0.3, -0.25) is 4.79 Å². The van der Waals surface area contributed by atoms with Gasteiger partial charge in [0.25, 0.3) is 5.91 Å². The Bertz CT molecular complexity index is 627. The lowest BCUT2D eigenvalue weighted by Crippen LogP contribution is -2.43. The number of aliphatic hydroxyl groups is 1. The Balaban J connectivity index is 1.41. The van der Waals surface area contributed by atoms with Crippen molar-refractivity contribution < 1.29 is 14.6 Å². The summed E-state index contributed by atoms with van der Waals surface area (Å²) in [5, 5.41) is 13.5. The van der Waals surface area contributed by atoms with Crippen molar-refractivity contribution in [3.05, 3.63) is 29.8 Å². The predicted molar refractivity (Wildman–Crippen MR) is 117 cm³/mol. The van der Waals surface area contributed by atoms with Crippen LogP contribution in [0.5, 0.6) is 0 Å². The van der Waals surface area contributed by atoms with Crippen molar-refractivity contribution in [2.45, 2.75) is 64.2 Å². The van der Waals surface area contributed by atoms with Crippen LogP contribution in [0.3, 0.4) is 0 Å². The van der Waals surface area contributed by atoms with Crippen molar-refractivity contribution >= 4 is 11.6 Å². The fourth-order valence-corrected chi connectivity index (χ4v) is 4.18. The molecule has 2 aliphatic rings. The number of β-amino-alcohol motifs (C(OH)–C–C–N with tert-alkyl or cyclic N) is 1. The number of aliphatic hydroxyl groups excluding tert-OH is 1. The number of amides is 1. The smallest absolute Gasteiger partial charge is 0.253 e. The van der Waals surface area contributed by atoms with Gasteiger partial charge >= 0.3 is 0 Å². The molecule has 0 aliphatic carbocycles. The molecule has 2 aliphatic heterocycles. The van der Waals surface area contributed by atoms with Crippen LogP contribution in [0.15, 0.2) is 24.3 Å². The highest BCUT2D eigenvalue weighted by Crippen LogP contribution is 2.22. The van der Waals surface area contributed by atoms with Crippen LogP contribution >= 0.6 is 0 Å². The molecule has 162 valence electrons. The third kappa shape index (κ3) is 6.69. The van der Waals surface area contributed by atoms with Crippen LogP contribution in [0.1, 0.15) is 56.3 Å². The summed E-state index contributed by atoms with van der Waals surface area (Å²) in [6.45, 7) is 9.24. The van der Waals surface area contributed by atoms with Crippen LogP contribution in [0, 0.1) is 0 Å². The van der Waals surface area contributed by atoms with Crippen LogP contribution in [0.4, 0.5) is 5.69 Å². The second-order valence-corrected chi connectivity index (χ2v) is 8.58. The van der Waals surface area contributed by atoms with Gasteiger partial charge in [-0.15, -0.1) is 0 Å². The molecule has 2 fully saturated rings. The Morgan fingerprint density at radius 3 is 2.55 bits per heavy atom. The van der Waals surface area contributed by atoms with Crippen LogP contribution in [-0.4, -0.2) is 73.5 Å². The highest BCUT2D eigenvalue weighted by molar-refractivity contribution is 5.94. The van der Waals surface area contributed by atoms with Crippen LogP contribution in [0.2, 0.25) is 0 Å². The molecule has 1 amide bonds. The van der Waals surface area contributed by atoms with E-state index in [0.29, 0.717) is 24.3 Å². The van der Waals surface area contributed by atoms with E-state index in [4.69, 9.17) is 4.74 Å². The van der Waals surface area contributed by atoms with E-state index in [1.165, 1.54) is 5.69 Å². The van der Waals surface area contributed by atoms with E-state index in [1.54, 1.807) is 4.90 Å². The number of ether oxygens (including phenoxy) is 1. The van der Waals surface area contributed by atoms with Gasteiger partial charge in [-0.05, 0) is 76.8 Å². The number of hydrogen-bond donors (Lipinski definition) is 2. The van der Waals surface area contributed by atoms with Gasteiger partial charge in [-0.25, -0.2) is 0 Å². The molecule has 0 spiro atoms. The van der Waals surface area contributed by atoms with Crippen molar-refractivity contribution in [1.82, 2.24) is 10.2 Å². The first kappa shape index (κ1) is 22.1. The maximum atomic E-state index is 12.6. The first-order valence-electron chi connectivity index (χ1n) is 11.2. The molecule has 0 bridgehead atoms. The summed E-state index contributed by atoms with van der Waals surface area (Å²) in [5.74, 6) is 0.0275. The number of nitrogens with one attached hydrogen (secondary N) is 1. The van der Waals surface area contributed by atoms with Crippen LogP contribution < -0.4 is 10.2 Å². The third-order valence-electron chi connectivity index (χ3n) is 5.86. The Morgan fingerprint density at radius 2 is 1.90 bits per heavy atom. The van der Waals surface area contributed by atoms with Crippen molar-refractivity contribution in [2.75, 3.05) is 44.2 Å². The zero-order valence-electron chi connectivity index (χ0n) is 18.0. The van der Waals surface area contributed by atoms with Crippen LogP contribution in [-0.2, 0) is 4.74 Å². The molecule has 2 N–H and O–H groups in total. The molecule has 1 aromatic carbocycles. The van der Waals surface area contributed by atoms with Crippen LogP contribution in [0.25, 0.3) is 0 Å². The minimum absolute atomic E-state index is 0.0275. The molecular weight excluding hydrogens is 366 g/mol. The molecule has 1 unspecified atom stereocenters. The molecular formula is C23H37N3O3. The Labute approximate surface area is 175 Å². The molecule has 0 radical (unpaired) electrons. The minimum atomic E-state index is -0.385. The van der Waals surface area contributed by atoms with Gasteiger partial charge in [0.2, 0.25) is 0 Å². The van der Waals surface area contributed by atoms with Gasteiger partial charge in [-0.1, -0.05) is 0 Å². The summed E-state index contributed by atoms with van der Waals surface area (Å²) in [6.07, 6.45) is 4.92. The molecule has 1 aromatic rings. The van der Waals surface area contributed by atoms with E-state index < -0.39 is 0 Å². The molecule has 2 heterocycles. The van der Waals surface area contributed by atoms with Gasteiger partial charge in [0.15, 0.2) is 0 Å². The first-order valence-corrected chi connectivity index (χ1v) is 11.2. The van der Waals surface area contributed by atoms with Gasteiger partial charge in [0.05, 0.1) is 12.2 Å². The number of rotatable bonds is 8. The lowest BCUT2D eigenvalue weighted by atomic mass is 10.0. The molecule has 6 nitrogen and oxygen atoms in total. The number of carbonyl (C=O) groups excluding carboxylic acids is 1. The Morgan fingerprint density at radius 1 is 1.17 bits per heavy atom. The molecule has 3 rings (SSSR count). The third-order valence-corrected chi connectivity index (χ3v) is 5.86. The quantitative estimate of drug-likeness (QED) is 0.654. The van der Waals surface area contributed by atoms with Gasteiger partial charge in [0.1, 0.15) is 0 Å². The summed E-state index contributed by atoms with van der Waals surface area (Å²) in [7, 11) is 0. The number of nitrogens with zero attached hydrogens (tertiary/aromatic N) is 2. The summed E-state index contributed by atoms with van der Waals surface area (Å²) >= 11 is 0. The molecule has 6 heteroatoms. The number of piperidine rings is 2. The maximum absolute atomic E-state index is 12.6. The average Bonchev–Trinajstić information content (AvgIpc) is 2.73. The fraction of sp³-hybridized carbons (Fsp3) is 0.696. The second-order valence-electron chi connectivity index (χ2n) is 8.58. The topological polar surface area (TPSA) is 65.0 Å². The van der Waals surface area contributed by atoms with E-state index in [2.05, 4.69) is 36.2 Å². The normalized spacial score (nSPS) is 21.0. The lowest BCUT2D eigenvalue weighted by Gasteiger charge is -2.34. The molecule has 0 saturated carbocycles. The van der Waals surface area contributed by atoms with Crippen molar-refractivity contribution in [3.8, 4) is 0 Å². The monoisotopic (exact) mass is 403 g/mol. The highest BCUT2D eigenvalue weighted by Gasteiger charge is 2.23. The number of anilines is 1. The summed E-state index contributed by atoms with van der Waals surface area (Å²) in [6, 6.07) is 8.56. The standard InChI is InChI=1S/C23H37N3O3/c1-18(2)29-16-4-12-24-20-10-14-25(15-11-20)21-8-6-19(7-9-21)23(28)26-13-3-5-22(27)17-26/h6-9,18,20,22,24,27H,3-5,10-17H2,1-2H3. The predicted octanol–water partition coefficient (Wildman–Crippen LogP) is 2.66. The lowest BCUT2D eigenvalue weighted by molar-refractivity contribution is 0.0474. The van der Waals surface area contributed by atoms with Gasteiger partial charge in [0, 0.05) is 50.1 Å². The number of carbonyl (C=O) groups is 1. The maximum Gasteiger partial charge on any atom is 0.253 e. The second kappa shape index (κ2) is 11.0. The zero-order valence-corrected chi connectivity index (χ0v) is 18.0. The Kier molecular flexibility index (Phi) is 8.33. The SMILES string of the molecule is CC(C)OCCCNC1CCN(c2ccc(C(=O)N3CCCC(O)C3)cc2)CC1. The number of hydrogen-bond acceptors (Lipinski definition) is 5. The van der Waals surface area contributed by atoms with Gasteiger partial charge < -0.3 is 25.0 Å². The van der Waals surface area contributed by atoms with Crippen molar-refractivity contribution in [1.29, 1.82) is 0 Å². The van der Waals surface area contributed by atoms with Crippen molar-refractivity contribution in [2.24, 2.45) is 0 Å². The molecule has 2 saturated heterocycles. The molecule has 1 atom stereocenters. The zero-order chi connectivity index (χ0) is 20.6. The van der Waals surface area contributed by atoms with Gasteiger partial charge in [-0.2, -0.15) is 0 Å². The molecule has 0 aromatic heterocycles. The van der Waals surface area contributed by atoms with E-state index in [0.717, 1.165) is 64.9 Å². The van der Waals surface area contributed by atoms with Crippen molar-refractivity contribution in [3.63, 3.8) is 0 Å².